The van der Waals surface area contributed by atoms with Crippen LogP contribution in [0.15, 0.2) is 12.7 Å². The molecular weight excluding hydrogens is 186 g/mol. The number of nitrogens with one attached hydrogen (secondary N) is 1. The van der Waals surface area contributed by atoms with E-state index in [1.54, 1.807) is 6.08 Å². The van der Waals surface area contributed by atoms with Gasteiger partial charge in [0.1, 0.15) is 0 Å². The molecule has 0 heterocycles. The molecule has 0 aromatic heterocycles. The van der Waals surface area contributed by atoms with Crippen molar-refractivity contribution in [3.63, 3.8) is 0 Å². The SMILES string of the molecule is C=CCCNS(=O)(=O)CCC(C)C. The van der Waals surface area contributed by atoms with Gasteiger partial charge in [-0.3, -0.25) is 0 Å². The predicted octanol–water partition coefficient (Wildman–Crippen LogP) is 1.53. The van der Waals surface area contributed by atoms with E-state index in [4.69, 9.17) is 0 Å². The Morgan fingerprint density at radius 3 is 2.54 bits per heavy atom. The summed E-state index contributed by atoms with van der Waals surface area (Å²) in [7, 11) is -3.05. The maximum absolute atomic E-state index is 11.3. The maximum atomic E-state index is 11.3. The summed E-state index contributed by atoms with van der Waals surface area (Å²) in [5.74, 6) is 0.651. The number of sulfonamides is 1. The standard InChI is InChI=1S/C9H19NO2S/c1-4-5-7-10-13(11,12)8-6-9(2)3/h4,9-10H,1,5-8H2,2-3H3. The normalized spacial score (nSPS) is 11.9. The van der Waals surface area contributed by atoms with Crippen LogP contribution in [0.3, 0.4) is 0 Å². The van der Waals surface area contributed by atoms with Gasteiger partial charge in [0.15, 0.2) is 0 Å². The van der Waals surface area contributed by atoms with Gasteiger partial charge in [-0.2, -0.15) is 0 Å². The zero-order valence-corrected chi connectivity index (χ0v) is 9.23. The molecule has 0 amide bonds. The zero-order chi connectivity index (χ0) is 10.3. The molecule has 0 radical (unpaired) electrons. The van der Waals surface area contributed by atoms with Crippen molar-refractivity contribution in [2.45, 2.75) is 26.7 Å². The van der Waals surface area contributed by atoms with Crippen molar-refractivity contribution in [2.24, 2.45) is 5.92 Å². The van der Waals surface area contributed by atoms with Gasteiger partial charge in [-0.1, -0.05) is 19.9 Å². The molecule has 0 spiro atoms. The molecule has 78 valence electrons. The van der Waals surface area contributed by atoms with E-state index in [1.807, 2.05) is 13.8 Å². The van der Waals surface area contributed by atoms with Crippen molar-refractivity contribution in [1.82, 2.24) is 4.72 Å². The van der Waals surface area contributed by atoms with Gasteiger partial charge in [0.25, 0.3) is 0 Å². The fraction of sp³-hybridized carbons (Fsp3) is 0.778. The van der Waals surface area contributed by atoms with Crippen LogP contribution in [0.1, 0.15) is 26.7 Å². The largest absolute Gasteiger partial charge is 0.215 e. The highest BCUT2D eigenvalue weighted by Crippen LogP contribution is 2.01. The molecule has 0 aliphatic rings. The van der Waals surface area contributed by atoms with Crippen molar-refractivity contribution in [2.75, 3.05) is 12.3 Å². The lowest BCUT2D eigenvalue weighted by atomic mass is 10.2. The minimum atomic E-state index is -3.05. The summed E-state index contributed by atoms with van der Waals surface area (Å²) in [6.45, 7) is 8.01. The molecule has 0 unspecified atom stereocenters. The minimum Gasteiger partial charge on any atom is -0.215 e. The third-order valence-electron chi connectivity index (χ3n) is 1.63. The smallest absolute Gasteiger partial charge is 0.211 e. The molecule has 0 rings (SSSR count). The van der Waals surface area contributed by atoms with Crippen LogP contribution in [-0.4, -0.2) is 20.7 Å². The Labute approximate surface area is 81.3 Å². The first-order chi connectivity index (χ1) is 5.98. The van der Waals surface area contributed by atoms with E-state index in [0.717, 1.165) is 0 Å². The Bertz CT molecular complexity index is 232. The molecule has 0 saturated heterocycles. The predicted molar refractivity (Wildman–Crippen MR) is 56.1 cm³/mol. The van der Waals surface area contributed by atoms with Crippen LogP contribution in [0, 0.1) is 5.92 Å². The summed E-state index contributed by atoms with van der Waals surface area (Å²) in [6.07, 6.45) is 3.09. The maximum Gasteiger partial charge on any atom is 0.211 e. The lowest BCUT2D eigenvalue weighted by Gasteiger charge is -2.06. The summed E-state index contributed by atoms with van der Waals surface area (Å²) < 4.78 is 25.0. The first-order valence-corrected chi connectivity index (χ1v) is 6.21. The molecule has 0 fully saturated rings. The summed E-state index contributed by atoms with van der Waals surface area (Å²) in [5.41, 5.74) is 0. The molecule has 13 heavy (non-hydrogen) atoms. The Morgan fingerprint density at radius 1 is 1.46 bits per heavy atom. The van der Waals surface area contributed by atoms with Gasteiger partial charge in [0, 0.05) is 6.54 Å². The Morgan fingerprint density at radius 2 is 2.08 bits per heavy atom. The minimum absolute atomic E-state index is 0.224. The molecule has 0 atom stereocenters. The Hall–Kier alpha value is -0.350. The number of hydrogen-bond donors (Lipinski definition) is 1. The molecule has 0 aliphatic carbocycles. The van der Waals surface area contributed by atoms with Crippen LogP contribution in [0.5, 0.6) is 0 Å². The van der Waals surface area contributed by atoms with E-state index in [0.29, 0.717) is 25.3 Å². The second kappa shape index (κ2) is 6.16. The lowest BCUT2D eigenvalue weighted by Crippen LogP contribution is -2.27. The van der Waals surface area contributed by atoms with Gasteiger partial charge < -0.3 is 0 Å². The van der Waals surface area contributed by atoms with Gasteiger partial charge in [0.2, 0.25) is 10.0 Å². The van der Waals surface area contributed by atoms with Crippen LogP contribution < -0.4 is 4.72 Å². The highest BCUT2D eigenvalue weighted by Gasteiger charge is 2.09. The van der Waals surface area contributed by atoms with Crippen molar-refractivity contribution in [3.05, 3.63) is 12.7 Å². The molecule has 4 heteroatoms. The van der Waals surface area contributed by atoms with Crippen molar-refractivity contribution < 1.29 is 8.42 Å². The highest BCUT2D eigenvalue weighted by atomic mass is 32.2. The first-order valence-electron chi connectivity index (χ1n) is 4.56. The van der Waals surface area contributed by atoms with Crippen LogP contribution in [0.4, 0.5) is 0 Å². The molecule has 0 aromatic rings. The zero-order valence-electron chi connectivity index (χ0n) is 8.41. The quantitative estimate of drug-likeness (QED) is 0.506. The molecular formula is C9H19NO2S. The second-order valence-corrected chi connectivity index (χ2v) is 5.40. The monoisotopic (exact) mass is 205 g/mol. The van der Waals surface area contributed by atoms with E-state index >= 15 is 0 Å². The topological polar surface area (TPSA) is 46.2 Å². The van der Waals surface area contributed by atoms with E-state index in [-0.39, 0.29) is 5.75 Å². The van der Waals surface area contributed by atoms with Gasteiger partial charge >= 0.3 is 0 Å². The average Bonchev–Trinajstić information content (AvgIpc) is 2.02. The van der Waals surface area contributed by atoms with Gasteiger partial charge in [-0.05, 0) is 18.8 Å². The second-order valence-electron chi connectivity index (χ2n) is 3.47. The Balaban J connectivity index is 3.74. The van der Waals surface area contributed by atoms with Crippen LogP contribution in [0.2, 0.25) is 0 Å². The summed E-state index contributed by atoms with van der Waals surface area (Å²) >= 11 is 0. The van der Waals surface area contributed by atoms with Crippen LogP contribution >= 0.6 is 0 Å². The Kier molecular flexibility index (Phi) is 5.99. The first kappa shape index (κ1) is 12.7. The fourth-order valence-corrected chi connectivity index (χ4v) is 2.13. The summed E-state index contributed by atoms with van der Waals surface area (Å²) in [5, 5.41) is 0. The number of hydrogen-bond acceptors (Lipinski definition) is 2. The van der Waals surface area contributed by atoms with E-state index in [1.165, 1.54) is 0 Å². The van der Waals surface area contributed by atoms with Crippen molar-refractivity contribution >= 4 is 10.0 Å². The lowest BCUT2D eigenvalue weighted by molar-refractivity contribution is 0.562. The molecule has 0 bridgehead atoms. The van der Waals surface area contributed by atoms with E-state index in [2.05, 4.69) is 11.3 Å². The molecule has 0 aliphatic heterocycles. The molecule has 0 saturated carbocycles. The molecule has 3 nitrogen and oxygen atoms in total. The summed E-state index contributed by atoms with van der Waals surface area (Å²) in [4.78, 5) is 0. The fourth-order valence-electron chi connectivity index (χ4n) is 0.780. The van der Waals surface area contributed by atoms with E-state index in [9.17, 15) is 8.42 Å². The highest BCUT2D eigenvalue weighted by molar-refractivity contribution is 7.89. The van der Waals surface area contributed by atoms with E-state index < -0.39 is 10.0 Å². The average molecular weight is 205 g/mol. The van der Waals surface area contributed by atoms with Crippen molar-refractivity contribution in [3.8, 4) is 0 Å². The molecule has 1 N–H and O–H groups in total. The van der Waals surface area contributed by atoms with Gasteiger partial charge in [-0.15, -0.1) is 6.58 Å². The van der Waals surface area contributed by atoms with Gasteiger partial charge in [-0.25, -0.2) is 13.1 Å². The van der Waals surface area contributed by atoms with Crippen LogP contribution in [-0.2, 0) is 10.0 Å². The van der Waals surface area contributed by atoms with Crippen LogP contribution in [0.25, 0.3) is 0 Å². The number of rotatable bonds is 7. The van der Waals surface area contributed by atoms with Crippen molar-refractivity contribution in [1.29, 1.82) is 0 Å². The third kappa shape index (κ3) is 7.99. The molecule has 0 aromatic carbocycles. The van der Waals surface area contributed by atoms with Gasteiger partial charge in [0.05, 0.1) is 5.75 Å². The third-order valence-corrected chi connectivity index (χ3v) is 3.05. The summed E-state index contributed by atoms with van der Waals surface area (Å²) in [6, 6.07) is 0.